The first-order valence-electron chi connectivity index (χ1n) is 10.9. The number of carbonyl (C=O) groups excluding carboxylic acids is 4. The van der Waals surface area contributed by atoms with Crippen LogP contribution in [0.1, 0.15) is 43.0 Å². The fourth-order valence-electron chi connectivity index (χ4n) is 3.93. The lowest BCUT2D eigenvalue weighted by atomic mass is 9.84. The summed E-state index contributed by atoms with van der Waals surface area (Å²) >= 11 is 3.08. The molecular formula is C30H24O4S2. The van der Waals surface area contributed by atoms with Crippen molar-refractivity contribution < 1.29 is 19.2 Å². The molecule has 4 nitrogen and oxygen atoms in total. The van der Waals surface area contributed by atoms with Crippen molar-refractivity contribution in [2.45, 2.75) is 33.4 Å². The van der Waals surface area contributed by atoms with Gasteiger partial charge in [-0.25, -0.2) is 0 Å². The van der Waals surface area contributed by atoms with E-state index in [1.54, 1.807) is 12.1 Å². The molecule has 1 aliphatic carbocycles. The smallest absolute Gasteiger partial charge is 0.195 e. The number of carbonyl (C=O) groups is 4. The van der Waals surface area contributed by atoms with Crippen LogP contribution in [0.25, 0.3) is 0 Å². The lowest BCUT2D eigenvalue weighted by Gasteiger charge is -2.22. The van der Waals surface area contributed by atoms with Gasteiger partial charge in [0.2, 0.25) is 0 Å². The van der Waals surface area contributed by atoms with Gasteiger partial charge in [0.05, 0.1) is 0 Å². The van der Waals surface area contributed by atoms with Crippen LogP contribution in [0.3, 0.4) is 0 Å². The van der Waals surface area contributed by atoms with Crippen LogP contribution in [0.15, 0.2) is 105 Å². The number of hydrogen-bond acceptors (Lipinski definition) is 6. The zero-order valence-corrected chi connectivity index (χ0v) is 21.6. The second kappa shape index (κ2) is 12.3. The van der Waals surface area contributed by atoms with Gasteiger partial charge in [0, 0.05) is 41.8 Å². The lowest BCUT2D eigenvalue weighted by molar-refractivity contribution is -0.0987. The lowest BCUT2D eigenvalue weighted by Crippen LogP contribution is -2.22. The van der Waals surface area contributed by atoms with Gasteiger partial charge in [0.25, 0.3) is 0 Å². The average Bonchev–Trinajstić information content (AvgIpc) is 2.92. The summed E-state index contributed by atoms with van der Waals surface area (Å²) in [4.78, 5) is 47.1. The van der Waals surface area contributed by atoms with Crippen LogP contribution in [0.5, 0.6) is 0 Å². The molecule has 4 aromatic rings. The summed E-state index contributed by atoms with van der Waals surface area (Å²) in [6.45, 7) is 8.10. The van der Waals surface area contributed by atoms with Gasteiger partial charge >= 0.3 is 0 Å². The summed E-state index contributed by atoms with van der Waals surface area (Å²) in [5.41, 5.74) is 4.27. The van der Waals surface area contributed by atoms with Crippen LogP contribution >= 0.6 is 23.5 Å². The summed E-state index contributed by atoms with van der Waals surface area (Å²) in [7, 11) is 0. The molecule has 0 spiro atoms. The number of benzene rings is 4. The first-order valence-corrected chi connectivity index (χ1v) is 12.6. The molecule has 0 bridgehead atoms. The summed E-state index contributed by atoms with van der Waals surface area (Å²) in [5, 5.41) is 0. The molecule has 0 heterocycles. The van der Waals surface area contributed by atoms with Crippen LogP contribution in [-0.4, -0.2) is 25.1 Å². The van der Waals surface area contributed by atoms with Gasteiger partial charge in [0.15, 0.2) is 11.6 Å². The van der Waals surface area contributed by atoms with Crippen LogP contribution in [0.4, 0.5) is 0 Å². The van der Waals surface area contributed by atoms with Gasteiger partial charge in [-0.2, -0.15) is 0 Å². The van der Waals surface area contributed by atoms with Crippen LogP contribution < -0.4 is 0 Å². The van der Waals surface area contributed by atoms with E-state index in [0.717, 1.165) is 30.7 Å². The van der Waals surface area contributed by atoms with Crippen molar-refractivity contribution in [2.24, 2.45) is 0 Å². The van der Waals surface area contributed by atoms with Gasteiger partial charge < -0.3 is 9.59 Å². The maximum Gasteiger partial charge on any atom is 0.195 e. The number of ketones is 2. The van der Waals surface area contributed by atoms with E-state index in [0.29, 0.717) is 22.3 Å². The van der Waals surface area contributed by atoms with Crippen LogP contribution in [-0.2, 0) is 9.59 Å². The third-order valence-corrected chi connectivity index (χ3v) is 8.10. The summed E-state index contributed by atoms with van der Waals surface area (Å²) < 4.78 is 0. The molecule has 0 aromatic heterocycles. The molecule has 1 aliphatic rings. The SMILES string of the molecule is C=O.C=O.Cc1ccccc1Sc1cccc2c1C(=O)c1cccc(Sc3ccccc3C)c1C2=O. The van der Waals surface area contributed by atoms with Crippen molar-refractivity contribution in [3.05, 3.63) is 118 Å². The molecule has 0 atom stereocenters. The standard InChI is InChI=1S/C28H20O2S2.2CH2O/c1-17-9-3-5-13-21(17)31-23-15-7-11-19-25(23)27(29)20-12-8-16-24(26(20)28(19)30)32-22-14-6-4-10-18(22)2;2*1-2/h3-16H,1-2H3;2*1H2. The van der Waals surface area contributed by atoms with Crippen molar-refractivity contribution in [2.75, 3.05) is 0 Å². The minimum absolute atomic E-state index is 0.0847. The largest absolute Gasteiger partial charge is 0.307 e. The van der Waals surface area contributed by atoms with E-state index in [4.69, 9.17) is 9.59 Å². The minimum Gasteiger partial charge on any atom is -0.307 e. The number of hydrogen-bond donors (Lipinski definition) is 0. The molecule has 0 unspecified atom stereocenters. The third-order valence-electron chi connectivity index (χ3n) is 5.62. The molecule has 0 saturated carbocycles. The molecule has 0 radical (unpaired) electrons. The highest BCUT2D eigenvalue weighted by Crippen LogP contribution is 2.42. The van der Waals surface area contributed by atoms with Gasteiger partial charge in [-0.3, -0.25) is 9.59 Å². The fraction of sp³-hybridized carbons (Fsp3) is 0.0667. The van der Waals surface area contributed by atoms with Gasteiger partial charge in [0.1, 0.15) is 13.6 Å². The Morgan fingerprint density at radius 1 is 0.472 bits per heavy atom. The van der Waals surface area contributed by atoms with Crippen LogP contribution in [0.2, 0.25) is 0 Å². The second-order valence-electron chi connectivity index (χ2n) is 7.75. The van der Waals surface area contributed by atoms with Crippen molar-refractivity contribution in [3.8, 4) is 0 Å². The Kier molecular flexibility index (Phi) is 9.17. The highest BCUT2D eigenvalue weighted by Gasteiger charge is 2.33. The molecule has 0 fully saturated rings. The molecule has 4 aromatic carbocycles. The molecule has 0 amide bonds. The zero-order valence-electron chi connectivity index (χ0n) is 19.9. The predicted molar refractivity (Wildman–Crippen MR) is 145 cm³/mol. The van der Waals surface area contributed by atoms with E-state index < -0.39 is 0 Å². The van der Waals surface area contributed by atoms with Gasteiger partial charge in [-0.1, -0.05) is 84.2 Å². The summed E-state index contributed by atoms with van der Waals surface area (Å²) in [6.07, 6.45) is 0. The topological polar surface area (TPSA) is 68.3 Å². The van der Waals surface area contributed by atoms with E-state index >= 15 is 0 Å². The molecule has 5 rings (SSSR count). The Morgan fingerprint density at radius 3 is 1.17 bits per heavy atom. The summed E-state index contributed by atoms with van der Waals surface area (Å²) in [5.74, 6) is -0.169. The van der Waals surface area contributed by atoms with Crippen molar-refractivity contribution in [1.82, 2.24) is 0 Å². The molecule has 180 valence electrons. The molecule has 0 saturated heterocycles. The fourth-order valence-corrected chi connectivity index (χ4v) is 6.06. The Bertz CT molecular complexity index is 1320. The Morgan fingerprint density at radius 2 is 0.806 bits per heavy atom. The second-order valence-corrected chi connectivity index (χ2v) is 9.92. The van der Waals surface area contributed by atoms with Crippen molar-refractivity contribution in [1.29, 1.82) is 0 Å². The first-order chi connectivity index (χ1) is 17.5. The van der Waals surface area contributed by atoms with E-state index in [2.05, 4.69) is 26.0 Å². The minimum atomic E-state index is -0.0847. The van der Waals surface area contributed by atoms with Crippen LogP contribution in [0, 0.1) is 13.8 Å². The Hall–Kier alpha value is -3.74. The predicted octanol–water partition coefficient (Wildman–Crippen LogP) is 7.01. The number of rotatable bonds is 4. The highest BCUT2D eigenvalue weighted by atomic mass is 32.2. The molecule has 0 N–H and O–H groups in total. The van der Waals surface area contributed by atoms with E-state index in [1.807, 2.05) is 74.2 Å². The molecule has 6 heteroatoms. The van der Waals surface area contributed by atoms with Gasteiger partial charge in [-0.05, 0) is 49.2 Å². The number of aryl methyl sites for hydroxylation is 2. The highest BCUT2D eigenvalue weighted by molar-refractivity contribution is 7.99. The maximum absolute atomic E-state index is 13.6. The van der Waals surface area contributed by atoms with Crippen molar-refractivity contribution >= 4 is 48.7 Å². The summed E-state index contributed by atoms with van der Waals surface area (Å²) in [6, 6.07) is 27.3. The third kappa shape index (κ3) is 5.25. The molecule has 0 aliphatic heterocycles. The Labute approximate surface area is 219 Å². The van der Waals surface area contributed by atoms with E-state index in [1.165, 1.54) is 23.5 Å². The number of fused-ring (bicyclic) bond motifs is 2. The molecule has 36 heavy (non-hydrogen) atoms. The maximum atomic E-state index is 13.6. The quantitative estimate of drug-likeness (QED) is 0.258. The monoisotopic (exact) mass is 512 g/mol. The van der Waals surface area contributed by atoms with E-state index in [-0.39, 0.29) is 11.6 Å². The zero-order chi connectivity index (χ0) is 26.2. The average molecular weight is 513 g/mol. The van der Waals surface area contributed by atoms with Crippen molar-refractivity contribution in [3.63, 3.8) is 0 Å². The molecular weight excluding hydrogens is 488 g/mol. The Balaban J connectivity index is 0.000000861. The van der Waals surface area contributed by atoms with Gasteiger partial charge in [-0.15, -0.1) is 0 Å². The normalized spacial score (nSPS) is 11.3. The first kappa shape index (κ1) is 26.9. The van der Waals surface area contributed by atoms with E-state index in [9.17, 15) is 9.59 Å².